The first-order chi connectivity index (χ1) is 31.7. The molecular weight excluding hydrogens is 927 g/mol. The van der Waals surface area contributed by atoms with Crippen molar-refractivity contribution in [2.24, 2.45) is 0 Å². The number of aromatic carboxylic acids is 2. The summed E-state index contributed by atoms with van der Waals surface area (Å²) >= 11 is 6.01. The monoisotopic (exact) mass is 983 g/mol. The molecule has 2 aliphatic heterocycles. The zero-order valence-corrected chi connectivity index (χ0v) is 39.9. The Labute approximate surface area is 399 Å². The highest BCUT2D eigenvalue weighted by Crippen LogP contribution is 2.34. The number of carboxylic acids is 3. The summed E-state index contributed by atoms with van der Waals surface area (Å²) in [5.74, 6) is -3.37. The maximum Gasteiger partial charge on any atom is 0.339 e. The Kier molecular flexibility index (Phi) is 22.8. The van der Waals surface area contributed by atoms with E-state index in [0.717, 1.165) is 30.2 Å². The number of nitrogens with zero attached hydrogens (tertiary/aromatic N) is 2. The molecule has 2 amide bonds. The van der Waals surface area contributed by atoms with Crippen molar-refractivity contribution in [2.75, 3.05) is 23.3 Å². The lowest BCUT2D eigenvalue weighted by atomic mass is 10.00. The number of hydrogen-bond acceptors (Lipinski definition) is 14. The highest BCUT2D eigenvalue weighted by Gasteiger charge is 2.43. The molecule has 3 heterocycles. The van der Waals surface area contributed by atoms with E-state index in [4.69, 9.17) is 10.2 Å². The van der Waals surface area contributed by atoms with Crippen LogP contribution in [0, 0.1) is 0 Å². The van der Waals surface area contributed by atoms with Crippen molar-refractivity contribution in [3.05, 3.63) is 126 Å². The standard InChI is InChI=1S/C19H24N2O4S2.C12H20N2O3S.C9H8O4.C6H5NO2/c22-17(15(26)11-12-5-2-1-3-6-12)20-13-9-10-27-16-8-4-7-14(19(24)25)21(16)18(13)23;1-9(2)13-8-12(15)10-4-6-11(7-5-10)14-18(3,16)17;1-6(10)13-8-5-3-2-4-7(8)9(11)12;8-6(9)5-2-1-3-7-4-5/h1-3,5-6,13-16,26H,4,7-11H2,(H,20,22)(H,24,25);4-7,9,12-15H,8H2,1-3H3;2-5H,1H3,(H,11,12);1-4H,(H,8,9)/t13-,14-,15-,16-;;;/m0.../s1. The number of hydrogen-bond donors (Lipinski definition) is 8. The van der Waals surface area contributed by atoms with Crippen LogP contribution in [0.25, 0.3) is 0 Å². The number of aliphatic hydroxyl groups is 1. The second-order valence-electron chi connectivity index (χ2n) is 15.4. The zero-order valence-electron chi connectivity index (χ0n) is 37.4. The zero-order chi connectivity index (χ0) is 49.7. The Balaban J connectivity index is 0.000000257. The number of amides is 2. The van der Waals surface area contributed by atoms with Crippen LogP contribution in [-0.4, -0.2) is 122 Å². The number of fused-ring (bicyclic) bond motifs is 1. The van der Waals surface area contributed by atoms with Crippen LogP contribution in [0.1, 0.15) is 84.4 Å². The Hall–Kier alpha value is -6.00. The van der Waals surface area contributed by atoms with Crippen molar-refractivity contribution in [3.8, 4) is 5.75 Å². The molecule has 0 radical (unpaired) electrons. The third-order valence-electron chi connectivity index (χ3n) is 9.62. The summed E-state index contributed by atoms with van der Waals surface area (Å²) in [5, 5.41) is 41.7. The molecule has 3 aromatic carbocycles. The van der Waals surface area contributed by atoms with E-state index < -0.39 is 57.3 Å². The van der Waals surface area contributed by atoms with Gasteiger partial charge in [-0.1, -0.05) is 68.4 Å². The van der Waals surface area contributed by atoms with E-state index in [9.17, 15) is 47.4 Å². The Morgan fingerprint density at radius 1 is 0.896 bits per heavy atom. The lowest BCUT2D eigenvalue weighted by Gasteiger charge is -2.39. The second kappa shape index (κ2) is 27.6. The summed E-state index contributed by atoms with van der Waals surface area (Å²) in [6.45, 7) is 5.70. The molecular formula is C46H57N5O13S3. The lowest BCUT2D eigenvalue weighted by molar-refractivity contribution is -0.154. The number of sulfonamides is 1. The van der Waals surface area contributed by atoms with Crippen LogP contribution in [0.3, 0.4) is 0 Å². The number of rotatable bonds is 14. The number of pyridine rings is 1. The Bertz CT molecular complexity index is 2360. The molecule has 1 unspecified atom stereocenters. The van der Waals surface area contributed by atoms with Gasteiger partial charge in [-0.05, 0) is 85.4 Å². The quantitative estimate of drug-likeness (QED) is 0.0462. The maximum atomic E-state index is 13.0. The molecule has 67 heavy (non-hydrogen) atoms. The van der Waals surface area contributed by atoms with E-state index in [2.05, 4.69) is 37.7 Å². The van der Waals surface area contributed by atoms with Gasteiger partial charge in [-0.3, -0.25) is 24.1 Å². The van der Waals surface area contributed by atoms with Crippen molar-refractivity contribution >= 4 is 75.8 Å². The summed E-state index contributed by atoms with van der Waals surface area (Å²) < 4.78 is 29.1. The van der Waals surface area contributed by atoms with Gasteiger partial charge in [-0.2, -0.15) is 12.6 Å². The fourth-order valence-electron chi connectivity index (χ4n) is 6.45. The third kappa shape index (κ3) is 19.8. The van der Waals surface area contributed by atoms with Crippen LogP contribution in [0.15, 0.2) is 103 Å². The molecule has 6 rings (SSSR count). The van der Waals surface area contributed by atoms with Gasteiger partial charge in [-0.15, -0.1) is 11.8 Å². The smallest absolute Gasteiger partial charge is 0.339 e. The molecule has 0 saturated carbocycles. The molecule has 0 aliphatic carbocycles. The Morgan fingerprint density at radius 2 is 1.55 bits per heavy atom. The number of piperidine rings is 1. The molecule has 21 heteroatoms. The maximum absolute atomic E-state index is 13.0. The number of benzene rings is 3. The van der Waals surface area contributed by atoms with Gasteiger partial charge in [0.25, 0.3) is 0 Å². The van der Waals surface area contributed by atoms with Gasteiger partial charge in [0, 0.05) is 37.6 Å². The van der Waals surface area contributed by atoms with Gasteiger partial charge in [0.15, 0.2) is 0 Å². The number of carbonyl (C=O) groups is 6. The first-order valence-electron chi connectivity index (χ1n) is 21.0. The van der Waals surface area contributed by atoms with Crippen LogP contribution in [0.5, 0.6) is 5.75 Å². The van der Waals surface area contributed by atoms with Crippen molar-refractivity contribution in [3.63, 3.8) is 0 Å². The summed E-state index contributed by atoms with van der Waals surface area (Å²) in [6, 6.07) is 24.1. The predicted molar refractivity (Wildman–Crippen MR) is 257 cm³/mol. The van der Waals surface area contributed by atoms with Crippen LogP contribution >= 0.6 is 24.4 Å². The van der Waals surface area contributed by atoms with Gasteiger partial charge >= 0.3 is 23.9 Å². The molecule has 2 fully saturated rings. The number of carbonyl (C=O) groups excluding carboxylic acids is 3. The number of para-hydroxylation sites is 1. The predicted octanol–water partition coefficient (Wildman–Crippen LogP) is 5.12. The van der Waals surface area contributed by atoms with Crippen LogP contribution in [-0.2, 0) is 35.6 Å². The fraction of sp³-hybridized carbons (Fsp3) is 0.370. The largest absolute Gasteiger partial charge is 0.480 e. The number of esters is 1. The van der Waals surface area contributed by atoms with Crippen molar-refractivity contribution in [1.82, 2.24) is 20.5 Å². The average molecular weight is 984 g/mol. The number of aliphatic carboxylic acids is 1. The first-order valence-corrected chi connectivity index (χ1v) is 24.4. The summed E-state index contributed by atoms with van der Waals surface area (Å²) in [4.78, 5) is 73.6. The van der Waals surface area contributed by atoms with E-state index in [-0.39, 0.29) is 34.1 Å². The minimum absolute atomic E-state index is 0.0160. The number of carboxylic acid groups (broad SMARTS) is 3. The summed E-state index contributed by atoms with van der Waals surface area (Å²) in [5.41, 5.74) is 2.44. The topological polar surface area (TPSA) is 279 Å². The van der Waals surface area contributed by atoms with Gasteiger partial charge in [0.2, 0.25) is 21.8 Å². The molecule has 4 aromatic rings. The van der Waals surface area contributed by atoms with Crippen molar-refractivity contribution in [2.45, 2.75) is 87.7 Å². The van der Waals surface area contributed by atoms with E-state index in [1.165, 1.54) is 42.4 Å². The minimum Gasteiger partial charge on any atom is -0.480 e. The van der Waals surface area contributed by atoms with E-state index in [0.29, 0.717) is 43.3 Å². The van der Waals surface area contributed by atoms with Gasteiger partial charge < -0.3 is 40.7 Å². The molecule has 1 aromatic heterocycles. The van der Waals surface area contributed by atoms with Crippen molar-refractivity contribution in [1.29, 1.82) is 0 Å². The van der Waals surface area contributed by atoms with E-state index in [1.807, 2.05) is 44.2 Å². The van der Waals surface area contributed by atoms with Crippen LogP contribution in [0.4, 0.5) is 5.69 Å². The molecule has 7 N–H and O–H groups in total. The molecule has 2 saturated heterocycles. The normalized spacial score (nSPS) is 17.4. The van der Waals surface area contributed by atoms with Crippen LogP contribution in [0.2, 0.25) is 0 Å². The van der Waals surface area contributed by atoms with E-state index >= 15 is 0 Å². The number of anilines is 1. The molecule has 18 nitrogen and oxygen atoms in total. The van der Waals surface area contributed by atoms with Gasteiger partial charge in [-0.25, -0.2) is 22.8 Å². The molecule has 362 valence electrons. The second-order valence-corrected chi connectivity index (χ2v) is 19.1. The number of aliphatic hydroxyl groups excluding tert-OH is 1. The first kappa shape index (κ1) is 55.3. The number of thioether (sulfide) groups is 1. The number of thiol groups is 1. The summed E-state index contributed by atoms with van der Waals surface area (Å²) in [7, 11) is -3.26. The van der Waals surface area contributed by atoms with Gasteiger partial charge in [0.1, 0.15) is 23.4 Å². The Morgan fingerprint density at radius 3 is 2.10 bits per heavy atom. The molecule has 5 atom stereocenters. The van der Waals surface area contributed by atoms with E-state index in [1.54, 1.807) is 54.2 Å². The number of aromatic nitrogens is 1. The minimum atomic E-state index is -3.26. The number of nitrogens with one attached hydrogen (secondary N) is 3. The number of ether oxygens (including phenoxy) is 1. The highest BCUT2D eigenvalue weighted by molar-refractivity contribution is 7.99. The van der Waals surface area contributed by atoms with Crippen molar-refractivity contribution < 1.29 is 62.3 Å². The molecule has 0 bridgehead atoms. The highest BCUT2D eigenvalue weighted by atomic mass is 32.2. The van der Waals surface area contributed by atoms with Gasteiger partial charge in [0.05, 0.1) is 28.5 Å². The average Bonchev–Trinajstić information content (AvgIpc) is 3.44. The third-order valence-corrected chi connectivity index (χ3v) is 12.0. The van der Waals surface area contributed by atoms with Crippen LogP contribution < -0.4 is 20.1 Å². The molecule has 0 spiro atoms. The SMILES string of the molecule is CC(=O)Oc1ccccc1C(=O)O.CC(C)NCC(O)c1ccc(NS(C)(=O)=O)cc1.O=C(N[C@H]1CCS[C@H]2CCC[C@@H](C(=O)O)N2C1=O)[C@@H](S)Cc1ccccc1.O=C(O)c1cccnc1. The summed E-state index contributed by atoms with van der Waals surface area (Å²) in [6.07, 6.45) is 6.37. The molecule has 2 aliphatic rings. The lowest BCUT2D eigenvalue weighted by Crippen LogP contribution is -2.57. The fourth-order valence-corrected chi connectivity index (χ4v) is 8.69.